The molecule has 1 aliphatic rings. The van der Waals surface area contributed by atoms with Crippen molar-refractivity contribution in [3.05, 3.63) is 71.3 Å². The third kappa shape index (κ3) is 4.25. The molecule has 1 heterocycles. The van der Waals surface area contributed by atoms with Gasteiger partial charge in [0.15, 0.2) is 0 Å². The first-order chi connectivity index (χ1) is 13.4. The maximum absolute atomic E-state index is 13.0. The number of nitrogens with one attached hydrogen (secondary N) is 1. The zero-order valence-corrected chi connectivity index (χ0v) is 16.6. The molecule has 3 atom stereocenters. The zero-order valence-electron chi connectivity index (χ0n) is 16.6. The molecule has 2 aromatic rings. The molecule has 0 saturated carbocycles. The molecule has 2 aromatic carbocycles. The number of carbonyl (C=O) groups excluding carboxylic acids is 2. The topological polar surface area (TPSA) is 69.6 Å². The van der Waals surface area contributed by atoms with Crippen molar-refractivity contribution in [2.24, 2.45) is 0 Å². The minimum Gasteiger partial charge on any atom is -0.390 e. The Balaban J connectivity index is 1.89. The smallest absolute Gasteiger partial charge is 0.246 e. The number of rotatable bonds is 5. The second kappa shape index (κ2) is 8.57. The third-order valence-electron chi connectivity index (χ3n) is 5.40. The van der Waals surface area contributed by atoms with Crippen molar-refractivity contribution in [1.29, 1.82) is 0 Å². The van der Waals surface area contributed by atoms with E-state index in [1.807, 2.05) is 42.5 Å². The van der Waals surface area contributed by atoms with Crippen LogP contribution in [0.15, 0.2) is 54.6 Å². The van der Waals surface area contributed by atoms with Crippen LogP contribution in [0, 0.1) is 0 Å². The van der Waals surface area contributed by atoms with Crippen LogP contribution in [-0.4, -0.2) is 40.5 Å². The fourth-order valence-corrected chi connectivity index (χ4v) is 3.75. The molecule has 1 saturated heterocycles. The van der Waals surface area contributed by atoms with Crippen LogP contribution in [0.25, 0.3) is 0 Å². The number of likely N-dealkylation sites (tertiary alicyclic amines) is 1. The van der Waals surface area contributed by atoms with Crippen LogP contribution in [0.5, 0.6) is 0 Å². The molecule has 0 radical (unpaired) electrons. The summed E-state index contributed by atoms with van der Waals surface area (Å²) in [6, 6.07) is 16.7. The monoisotopic (exact) mass is 380 g/mol. The molecule has 2 amide bonds. The highest BCUT2D eigenvalue weighted by Gasteiger charge is 2.40. The van der Waals surface area contributed by atoms with E-state index in [9.17, 15) is 14.7 Å². The molecule has 1 fully saturated rings. The largest absolute Gasteiger partial charge is 0.390 e. The van der Waals surface area contributed by atoms with Gasteiger partial charge in [-0.25, -0.2) is 0 Å². The van der Waals surface area contributed by atoms with E-state index in [1.54, 1.807) is 0 Å². The van der Waals surface area contributed by atoms with Crippen molar-refractivity contribution in [2.75, 3.05) is 6.54 Å². The minimum atomic E-state index is -0.848. The molecular formula is C23H28N2O3. The van der Waals surface area contributed by atoms with Gasteiger partial charge in [0.2, 0.25) is 11.8 Å². The van der Waals surface area contributed by atoms with Gasteiger partial charge in [-0.2, -0.15) is 0 Å². The molecule has 0 aliphatic carbocycles. The Morgan fingerprint density at radius 1 is 1.00 bits per heavy atom. The van der Waals surface area contributed by atoms with Gasteiger partial charge in [0.1, 0.15) is 6.04 Å². The van der Waals surface area contributed by atoms with Gasteiger partial charge < -0.3 is 15.3 Å². The average Bonchev–Trinajstić information content (AvgIpc) is 3.08. The van der Waals surface area contributed by atoms with Gasteiger partial charge in [0.25, 0.3) is 0 Å². The van der Waals surface area contributed by atoms with Crippen LogP contribution in [0.2, 0.25) is 0 Å². The molecule has 1 aliphatic heterocycles. The number of carbonyl (C=O) groups is 2. The van der Waals surface area contributed by atoms with Crippen molar-refractivity contribution in [3.8, 4) is 0 Å². The molecule has 3 unspecified atom stereocenters. The molecule has 0 aromatic heterocycles. The second-order valence-corrected chi connectivity index (χ2v) is 7.69. The van der Waals surface area contributed by atoms with Gasteiger partial charge in [-0.15, -0.1) is 0 Å². The summed E-state index contributed by atoms with van der Waals surface area (Å²) in [5, 5.41) is 13.3. The number of aliphatic hydroxyl groups is 1. The molecular weight excluding hydrogens is 352 g/mol. The van der Waals surface area contributed by atoms with Crippen molar-refractivity contribution in [3.63, 3.8) is 0 Å². The van der Waals surface area contributed by atoms with Gasteiger partial charge in [0.05, 0.1) is 12.1 Å². The third-order valence-corrected chi connectivity index (χ3v) is 5.40. The Bertz CT molecular complexity index is 818. The summed E-state index contributed by atoms with van der Waals surface area (Å²) < 4.78 is 0. The number of hydrogen-bond donors (Lipinski definition) is 2. The van der Waals surface area contributed by atoms with E-state index in [-0.39, 0.29) is 17.9 Å². The van der Waals surface area contributed by atoms with Crippen molar-refractivity contribution in [1.82, 2.24) is 10.2 Å². The predicted octanol–water partition coefficient (Wildman–Crippen LogP) is 3.00. The SMILES string of the molecule is CC(=O)N1CCC(O)C1C(=O)NC(c1ccccc1)c1ccc(C(C)C)cc1. The van der Waals surface area contributed by atoms with E-state index in [2.05, 4.69) is 31.3 Å². The molecule has 5 nitrogen and oxygen atoms in total. The molecule has 0 bridgehead atoms. The number of aliphatic hydroxyl groups excluding tert-OH is 1. The Morgan fingerprint density at radius 2 is 1.57 bits per heavy atom. The lowest BCUT2D eigenvalue weighted by molar-refractivity contribution is -0.139. The Kier molecular flexibility index (Phi) is 6.15. The Morgan fingerprint density at radius 3 is 2.14 bits per heavy atom. The number of hydrogen-bond acceptors (Lipinski definition) is 3. The first-order valence-corrected chi connectivity index (χ1v) is 9.79. The molecule has 2 N–H and O–H groups in total. The molecule has 3 rings (SSSR count). The van der Waals surface area contributed by atoms with E-state index in [4.69, 9.17) is 0 Å². The second-order valence-electron chi connectivity index (χ2n) is 7.69. The summed E-state index contributed by atoms with van der Waals surface area (Å²) >= 11 is 0. The number of benzene rings is 2. The quantitative estimate of drug-likeness (QED) is 0.838. The van der Waals surface area contributed by atoms with E-state index in [0.29, 0.717) is 18.9 Å². The van der Waals surface area contributed by atoms with Crippen LogP contribution in [0.1, 0.15) is 55.8 Å². The van der Waals surface area contributed by atoms with Gasteiger partial charge in [-0.1, -0.05) is 68.4 Å². The molecule has 5 heteroatoms. The lowest BCUT2D eigenvalue weighted by Gasteiger charge is -2.27. The molecule has 148 valence electrons. The maximum Gasteiger partial charge on any atom is 0.246 e. The predicted molar refractivity (Wildman–Crippen MR) is 109 cm³/mol. The van der Waals surface area contributed by atoms with E-state index in [0.717, 1.165) is 11.1 Å². The highest BCUT2D eigenvalue weighted by Crippen LogP contribution is 2.26. The lowest BCUT2D eigenvalue weighted by Crippen LogP contribution is -2.50. The molecule has 28 heavy (non-hydrogen) atoms. The van der Waals surface area contributed by atoms with E-state index >= 15 is 0 Å². The fraction of sp³-hybridized carbons (Fsp3) is 0.391. The summed E-state index contributed by atoms with van der Waals surface area (Å²) in [5.74, 6) is -0.104. The first kappa shape index (κ1) is 20.1. The van der Waals surface area contributed by atoms with Crippen LogP contribution >= 0.6 is 0 Å². The number of nitrogens with zero attached hydrogens (tertiary/aromatic N) is 1. The first-order valence-electron chi connectivity index (χ1n) is 9.79. The maximum atomic E-state index is 13.0. The summed E-state index contributed by atoms with van der Waals surface area (Å²) in [4.78, 5) is 26.4. The summed E-state index contributed by atoms with van der Waals surface area (Å²) in [7, 11) is 0. The Labute approximate surface area is 166 Å². The fourth-order valence-electron chi connectivity index (χ4n) is 3.75. The van der Waals surface area contributed by atoms with Crippen LogP contribution in [0.4, 0.5) is 0 Å². The zero-order chi connectivity index (χ0) is 20.3. The van der Waals surface area contributed by atoms with Gasteiger partial charge in [-0.05, 0) is 29.0 Å². The van der Waals surface area contributed by atoms with E-state index in [1.165, 1.54) is 17.4 Å². The standard InChI is InChI=1S/C23H28N2O3/c1-15(2)17-9-11-19(12-10-17)21(18-7-5-4-6-8-18)24-23(28)22-20(27)13-14-25(22)16(3)26/h4-12,15,20-22,27H,13-14H2,1-3H3,(H,24,28). The van der Waals surface area contributed by atoms with Gasteiger partial charge in [0, 0.05) is 13.5 Å². The highest BCUT2D eigenvalue weighted by atomic mass is 16.3. The molecule has 0 spiro atoms. The van der Waals surface area contributed by atoms with Crippen LogP contribution in [0.3, 0.4) is 0 Å². The minimum absolute atomic E-state index is 0.200. The van der Waals surface area contributed by atoms with Crippen LogP contribution in [-0.2, 0) is 9.59 Å². The van der Waals surface area contributed by atoms with Gasteiger partial charge in [-0.3, -0.25) is 9.59 Å². The Hall–Kier alpha value is -2.66. The van der Waals surface area contributed by atoms with Crippen molar-refractivity contribution >= 4 is 11.8 Å². The van der Waals surface area contributed by atoms with Crippen LogP contribution < -0.4 is 5.32 Å². The lowest BCUT2D eigenvalue weighted by atomic mass is 9.95. The summed E-state index contributed by atoms with van der Waals surface area (Å²) in [6.45, 7) is 6.11. The highest BCUT2D eigenvalue weighted by molar-refractivity contribution is 5.88. The van der Waals surface area contributed by atoms with Gasteiger partial charge >= 0.3 is 0 Å². The van der Waals surface area contributed by atoms with Crippen molar-refractivity contribution in [2.45, 2.75) is 51.3 Å². The van der Waals surface area contributed by atoms with Crippen molar-refractivity contribution < 1.29 is 14.7 Å². The normalized spacial score (nSPS) is 20.2. The summed E-state index contributed by atoms with van der Waals surface area (Å²) in [6.07, 6.45) is -0.430. The average molecular weight is 380 g/mol. The van der Waals surface area contributed by atoms with E-state index < -0.39 is 12.1 Å². The summed E-state index contributed by atoms with van der Waals surface area (Å²) in [5.41, 5.74) is 3.15. The number of amides is 2.